The van der Waals surface area contributed by atoms with E-state index in [-0.39, 0.29) is 16.9 Å². The van der Waals surface area contributed by atoms with Gasteiger partial charge in [0.05, 0.1) is 18.3 Å². The van der Waals surface area contributed by atoms with Gasteiger partial charge in [-0.2, -0.15) is 0 Å². The Morgan fingerprint density at radius 3 is 2.35 bits per heavy atom. The summed E-state index contributed by atoms with van der Waals surface area (Å²) in [5.74, 6) is 0.249. The second-order valence-corrected chi connectivity index (χ2v) is 5.21. The summed E-state index contributed by atoms with van der Waals surface area (Å²) in [4.78, 5) is 10.2. The van der Waals surface area contributed by atoms with Gasteiger partial charge < -0.3 is 16.4 Å². The Hall–Kier alpha value is -1.62. The zero-order chi connectivity index (χ0) is 12.7. The summed E-state index contributed by atoms with van der Waals surface area (Å²) in [6.45, 7) is 7.22. The first kappa shape index (κ1) is 11.9. The van der Waals surface area contributed by atoms with E-state index in [4.69, 9.17) is 11.5 Å². The average Bonchev–Trinajstić information content (AvgIpc) is 2.16. The van der Waals surface area contributed by atoms with E-state index in [9.17, 15) is 0 Å². The van der Waals surface area contributed by atoms with Gasteiger partial charge >= 0.3 is 0 Å². The van der Waals surface area contributed by atoms with Gasteiger partial charge in [0.2, 0.25) is 0 Å². The van der Waals surface area contributed by atoms with E-state index in [2.05, 4.69) is 28.0 Å². The Labute approximate surface area is 102 Å². The Kier molecular flexibility index (Phi) is 2.58. The largest absolute Gasteiger partial charge is 0.384 e. The molecule has 3 rings (SSSR count). The first-order chi connectivity index (χ1) is 7.85. The van der Waals surface area contributed by atoms with Crippen LogP contribution in [0.3, 0.4) is 0 Å². The van der Waals surface area contributed by atoms with Crippen LogP contribution in [-0.2, 0) is 0 Å². The SMILES string of the molecule is C=C(N)N=CC(=C)N=CN(C)C12CC(N)(C1)C2. The molecule has 3 aliphatic carbocycles. The van der Waals surface area contributed by atoms with E-state index < -0.39 is 0 Å². The van der Waals surface area contributed by atoms with Gasteiger partial charge in [-0.15, -0.1) is 0 Å². The van der Waals surface area contributed by atoms with Crippen molar-refractivity contribution in [3.8, 4) is 0 Å². The van der Waals surface area contributed by atoms with E-state index in [1.165, 1.54) is 6.21 Å². The minimum atomic E-state index is 0.109. The van der Waals surface area contributed by atoms with Crippen LogP contribution in [0, 0.1) is 0 Å². The summed E-state index contributed by atoms with van der Waals surface area (Å²) in [6, 6.07) is 0. The van der Waals surface area contributed by atoms with Crippen LogP contribution in [0.1, 0.15) is 19.3 Å². The molecule has 5 nitrogen and oxygen atoms in total. The van der Waals surface area contributed by atoms with Crippen molar-refractivity contribution in [3.63, 3.8) is 0 Å². The van der Waals surface area contributed by atoms with Crippen molar-refractivity contribution in [2.24, 2.45) is 21.5 Å². The third kappa shape index (κ3) is 2.10. The van der Waals surface area contributed by atoms with Gasteiger partial charge in [-0.1, -0.05) is 13.2 Å². The van der Waals surface area contributed by atoms with Crippen molar-refractivity contribution in [2.75, 3.05) is 7.05 Å². The molecule has 92 valence electrons. The summed E-state index contributed by atoms with van der Waals surface area (Å²) in [7, 11) is 2.02. The highest BCUT2D eigenvalue weighted by atomic mass is 15.3. The number of hydrogen-bond acceptors (Lipinski definition) is 4. The van der Waals surface area contributed by atoms with Gasteiger partial charge in [-0.25, -0.2) is 9.98 Å². The summed E-state index contributed by atoms with van der Waals surface area (Å²) < 4.78 is 0. The number of aliphatic imine (C=N–C) groups is 2. The highest BCUT2D eigenvalue weighted by Gasteiger charge is 2.67. The van der Waals surface area contributed by atoms with Crippen LogP contribution >= 0.6 is 0 Å². The molecule has 0 heterocycles. The molecule has 3 fully saturated rings. The molecule has 0 aromatic rings. The zero-order valence-electron chi connectivity index (χ0n) is 10.2. The van der Waals surface area contributed by atoms with Gasteiger partial charge in [0, 0.05) is 18.1 Å². The molecule has 0 aromatic carbocycles. The second kappa shape index (κ2) is 3.70. The molecular weight excluding hydrogens is 214 g/mol. The molecule has 0 amide bonds. The minimum absolute atomic E-state index is 0.109. The first-order valence-corrected chi connectivity index (χ1v) is 5.59. The van der Waals surface area contributed by atoms with Crippen molar-refractivity contribution in [1.29, 1.82) is 0 Å². The van der Waals surface area contributed by atoms with E-state index >= 15 is 0 Å². The van der Waals surface area contributed by atoms with Gasteiger partial charge in [0.15, 0.2) is 0 Å². The van der Waals surface area contributed by atoms with E-state index in [1.54, 1.807) is 6.34 Å². The van der Waals surface area contributed by atoms with Gasteiger partial charge in [0.25, 0.3) is 0 Å². The standard InChI is InChI=1S/C12H19N5/c1-9(4-15-10(2)13)16-8-17(3)12-5-11(14,6-12)7-12/h4,8H,1-2,5-7,13-14H2,3H3. The molecule has 0 spiro atoms. The third-order valence-corrected chi connectivity index (χ3v) is 3.57. The quantitative estimate of drug-likeness (QED) is 0.539. The van der Waals surface area contributed by atoms with Crippen molar-refractivity contribution in [2.45, 2.75) is 30.3 Å². The topological polar surface area (TPSA) is 80.0 Å². The molecule has 3 saturated carbocycles. The zero-order valence-corrected chi connectivity index (χ0v) is 10.2. The molecule has 4 N–H and O–H groups in total. The molecule has 0 aromatic heterocycles. The highest BCUT2D eigenvalue weighted by molar-refractivity contribution is 5.80. The van der Waals surface area contributed by atoms with Crippen molar-refractivity contribution < 1.29 is 0 Å². The van der Waals surface area contributed by atoms with Crippen molar-refractivity contribution in [3.05, 3.63) is 24.7 Å². The maximum atomic E-state index is 6.01. The van der Waals surface area contributed by atoms with Crippen molar-refractivity contribution >= 4 is 12.6 Å². The fourth-order valence-corrected chi connectivity index (χ4v) is 2.66. The lowest BCUT2D eigenvalue weighted by molar-refractivity contribution is -0.123. The fourth-order valence-electron chi connectivity index (χ4n) is 2.66. The molecule has 0 radical (unpaired) electrons. The van der Waals surface area contributed by atoms with Gasteiger partial charge in [-0.05, 0) is 19.3 Å². The van der Waals surface area contributed by atoms with Crippen LogP contribution in [0.15, 0.2) is 34.7 Å². The molecule has 3 aliphatic rings. The van der Waals surface area contributed by atoms with Crippen LogP contribution in [0.4, 0.5) is 0 Å². The first-order valence-electron chi connectivity index (χ1n) is 5.59. The van der Waals surface area contributed by atoms with Gasteiger partial charge in [-0.3, -0.25) is 0 Å². The summed E-state index contributed by atoms with van der Waals surface area (Å²) in [5.41, 5.74) is 12.2. The Bertz CT molecular complexity index is 401. The van der Waals surface area contributed by atoms with Crippen LogP contribution in [0.25, 0.3) is 0 Å². The maximum absolute atomic E-state index is 6.01. The van der Waals surface area contributed by atoms with E-state index in [0.29, 0.717) is 5.70 Å². The number of nitrogens with zero attached hydrogens (tertiary/aromatic N) is 3. The normalized spacial score (nSPS) is 34.5. The monoisotopic (exact) mass is 233 g/mol. The Morgan fingerprint density at radius 1 is 1.29 bits per heavy atom. The number of allylic oxidation sites excluding steroid dienone is 1. The lowest BCUT2D eigenvalue weighted by atomic mass is 9.44. The predicted octanol–water partition coefficient (Wildman–Crippen LogP) is 0.595. The average molecular weight is 233 g/mol. The van der Waals surface area contributed by atoms with E-state index in [0.717, 1.165) is 19.3 Å². The molecule has 0 atom stereocenters. The maximum Gasteiger partial charge on any atom is 0.116 e. The molecule has 5 heteroatoms. The smallest absolute Gasteiger partial charge is 0.116 e. The minimum Gasteiger partial charge on any atom is -0.384 e. The fraction of sp³-hybridized carbons (Fsp3) is 0.500. The van der Waals surface area contributed by atoms with Crippen LogP contribution in [0.2, 0.25) is 0 Å². The second-order valence-electron chi connectivity index (χ2n) is 5.21. The van der Waals surface area contributed by atoms with Gasteiger partial charge in [0.1, 0.15) is 5.82 Å². The number of hydrogen-bond donors (Lipinski definition) is 2. The Balaban J connectivity index is 1.85. The van der Waals surface area contributed by atoms with Crippen LogP contribution in [0.5, 0.6) is 0 Å². The lowest BCUT2D eigenvalue weighted by Crippen LogP contribution is -2.81. The van der Waals surface area contributed by atoms with E-state index in [1.807, 2.05) is 7.05 Å². The van der Waals surface area contributed by atoms with Crippen molar-refractivity contribution in [1.82, 2.24) is 4.90 Å². The third-order valence-electron chi connectivity index (χ3n) is 3.57. The number of nitrogens with two attached hydrogens (primary N) is 2. The Morgan fingerprint density at radius 2 is 1.88 bits per heavy atom. The molecule has 2 bridgehead atoms. The molecule has 0 unspecified atom stereocenters. The lowest BCUT2D eigenvalue weighted by Gasteiger charge is -2.71. The van der Waals surface area contributed by atoms with Crippen LogP contribution < -0.4 is 11.5 Å². The summed E-state index contributed by atoms with van der Waals surface area (Å²) in [6.07, 6.45) is 6.46. The predicted molar refractivity (Wildman–Crippen MR) is 70.7 cm³/mol. The molecular formula is C12H19N5. The highest BCUT2D eigenvalue weighted by Crippen LogP contribution is 2.61. The molecule has 0 saturated heterocycles. The number of rotatable bonds is 5. The summed E-state index contributed by atoms with van der Waals surface area (Å²) in [5, 5.41) is 0. The summed E-state index contributed by atoms with van der Waals surface area (Å²) >= 11 is 0. The van der Waals surface area contributed by atoms with Crippen LogP contribution in [-0.4, -0.2) is 35.6 Å². The molecule has 17 heavy (non-hydrogen) atoms. The molecule has 0 aliphatic heterocycles.